The second-order valence-electron chi connectivity index (χ2n) is 8.36. The summed E-state index contributed by atoms with van der Waals surface area (Å²) >= 11 is 12.6. The molecule has 0 atom stereocenters. The minimum absolute atomic E-state index is 0.0867. The molecule has 2 aliphatic heterocycles. The zero-order valence-electron chi connectivity index (χ0n) is 19.3. The van der Waals surface area contributed by atoms with Crippen LogP contribution < -0.4 is 9.80 Å². The topological polar surface area (TPSA) is 111 Å². The van der Waals surface area contributed by atoms with Crippen molar-refractivity contribution in [2.24, 2.45) is 11.8 Å². The maximum Gasteiger partial charge on any atom is 0.309 e. The standard InChI is InChI=1S/C22H28Cl2N6O4/c1-3-33-19(31)13-5-9-29(10-6-13)17-15-16(26-21(23)27-17)18(28-22(24)25-15)30-11-7-14(8-12-30)20(32)34-4-2/h13-14H,3-12H2,1-2H3. The first-order valence-corrected chi connectivity index (χ1v) is 12.4. The van der Waals surface area contributed by atoms with E-state index in [4.69, 9.17) is 32.7 Å². The Morgan fingerprint density at radius 2 is 1.09 bits per heavy atom. The number of esters is 2. The lowest BCUT2D eigenvalue weighted by molar-refractivity contribution is -0.149. The SMILES string of the molecule is CCOC(=O)C1CCN(c2nc(Cl)nc3c(N4CCC(C(=O)OCC)CC4)nc(Cl)nc23)CC1. The minimum atomic E-state index is -0.161. The number of piperidine rings is 2. The normalized spacial score (nSPS) is 17.8. The van der Waals surface area contributed by atoms with E-state index in [9.17, 15) is 9.59 Å². The maximum atomic E-state index is 12.1. The molecular weight excluding hydrogens is 483 g/mol. The van der Waals surface area contributed by atoms with Crippen LogP contribution in [-0.4, -0.2) is 71.3 Å². The minimum Gasteiger partial charge on any atom is -0.466 e. The second kappa shape index (κ2) is 10.9. The molecule has 0 radical (unpaired) electrons. The zero-order valence-corrected chi connectivity index (χ0v) is 20.8. The van der Waals surface area contributed by atoms with Crippen molar-refractivity contribution in [3.63, 3.8) is 0 Å². The number of carbonyl (C=O) groups is 2. The van der Waals surface area contributed by atoms with Gasteiger partial charge in [0, 0.05) is 26.2 Å². The summed E-state index contributed by atoms with van der Waals surface area (Å²) in [4.78, 5) is 46.1. The smallest absolute Gasteiger partial charge is 0.309 e. The van der Waals surface area contributed by atoms with Gasteiger partial charge in [0.25, 0.3) is 0 Å². The van der Waals surface area contributed by atoms with Crippen molar-refractivity contribution in [2.45, 2.75) is 39.5 Å². The van der Waals surface area contributed by atoms with Gasteiger partial charge in [-0.3, -0.25) is 9.59 Å². The highest BCUT2D eigenvalue weighted by Crippen LogP contribution is 2.34. The second-order valence-corrected chi connectivity index (χ2v) is 9.03. The summed E-state index contributed by atoms with van der Waals surface area (Å²) in [7, 11) is 0. The highest BCUT2D eigenvalue weighted by atomic mass is 35.5. The number of hydrogen-bond acceptors (Lipinski definition) is 10. The molecule has 2 fully saturated rings. The van der Waals surface area contributed by atoms with E-state index in [1.807, 2.05) is 23.6 Å². The molecule has 2 aromatic rings. The Morgan fingerprint density at radius 1 is 0.735 bits per heavy atom. The van der Waals surface area contributed by atoms with Gasteiger partial charge in [0.15, 0.2) is 11.6 Å². The van der Waals surface area contributed by atoms with E-state index in [1.165, 1.54) is 0 Å². The Bertz CT molecular complexity index is 972. The van der Waals surface area contributed by atoms with Crippen molar-refractivity contribution in [1.82, 2.24) is 19.9 Å². The van der Waals surface area contributed by atoms with E-state index in [1.54, 1.807) is 0 Å². The van der Waals surface area contributed by atoms with Crippen molar-refractivity contribution < 1.29 is 19.1 Å². The third-order valence-electron chi connectivity index (χ3n) is 6.28. The van der Waals surface area contributed by atoms with Gasteiger partial charge in [-0.2, -0.15) is 9.97 Å². The molecule has 0 spiro atoms. The molecule has 12 heteroatoms. The Hall–Kier alpha value is -2.46. The van der Waals surface area contributed by atoms with Gasteiger partial charge in [0.2, 0.25) is 10.6 Å². The van der Waals surface area contributed by atoms with Crippen molar-refractivity contribution in [3.8, 4) is 0 Å². The van der Waals surface area contributed by atoms with Gasteiger partial charge in [-0.1, -0.05) is 0 Å². The van der Waals surface area contributed by atoms with Crippen LogP contribution in [0.25, 0.3) is 11.0 Å². The number of carbonyl (C=O) groups excluding carboxylic acids is 2. The van der Waals surface area contributed by atoms with Gasteiger partial charge in [-0.25, -0.2) is 9.97 Å². The molecule has 4 heterocycles. The van der Waals surface area contributed by atoms with Crippen molar-refractivity contribution >= 4 is 57.8 Å². The molecule has 184 valence electrons. The lowest BCUT2D eigenvalue weighted by Crippen LogP contribution is -2.38. The Morgan fingerprint density at radius 3 is 1.41 bits per heavy atom. The summed E-state index contributed by atoms with van der Waals surface area (Å²) in [6, 6.07) is 0. The molecule has 34 heavy (non-hydrogen) atoms. The van der Waals surface area contributed by atoms with Crippen LogP contribution in [0.5, 0.6) is 0 Å². The number of nitrogens with zero attached hydrogens (tertiary/aromatic N) is 6. The number of halogens is 2. The van der Waals surface area contributed by atoms with Crippen LogP contribution >= 0.6 is 23.2 Å². The molecule has 0 saturated carbocycles. The van der Waals surface area contributed by atoms with Crippen molar-refractivity contribution in [2.75, 3.05) is 49.2 Å². The monoisotopic (exact) mass is 510 g/mol. The third kappa shape index (κ3) is 5.27. The molecule has 2 aromatic heterocycles. The molecule has 0 unspecified atom stereocenters. The average molecular weight is 511 g/mol. The molecule has 4 rings (SSSR count). The molecule has 0 aromatic carbocycles. The quantitative estimate of drug-likeness (QED) is 0.423. The Balaban J connectivity index is 1.58. The first-order valence-electron chi connectivity index (χ1n) is 11.6. The fourth-order valence-corrected chi connectivity index (χ4v) is 4.88. The molecular formula is C22H28Cl2N6O4. The number of fused-ring (bicyclic) bond motifs is 1. The third-order valence-corrected chi connectivity index (χ3v) is 6.62. The molecule has 10 nitrogen and oxygen atoms in total. The van der Waals surface area contributed by atoms with Crippen LogP contribution in [0.3, 0.4) is 0 Å². The fourth-order valence-electron chi connectivity index (χ4n) is 4.55. The summed E-state index contributed by atoms with van der Waals surface area (Å²) < 4.78 is 10.3. The van der Waals surface area contributed by atoms with Crippen molar-refractivity contribution in [1.29, 1.82) is 0 Å². The highest BCUT2D eigenvalue weighted by molar-refractivity contribution is 6.30. The lowest BCUT2D eigenvalue weighted by atomic mass is 9.96. The van der Waals surface area contributed by atoms with Crippen LogP contribution in [0.15, 0.2) is 0 Å². The summed E-state index contributed by atoms with van der Waals surface area (Å²) in [6.45, 7) is 6.79. The Labute approximate surface area is 207 Å². The number of ether oxygens (including phenoxy) is 2. The molecule has 2 saturated heterocycles. The number of aromatic nitrogens is 4. The van der Waals surface area contributed by atoms with Crippen LogP contribution in [0.2, 0.25) is 10.6 Å². The van der Waals surface area contributed by atoms with Gasteiger partial charge < -0.3 is 19.3 Å². The maximum absolute atomic E-state index is 12.1. The predicted octanol–water partition coefficient (Wildman–Crippen LogP) is 3.29. The van der Waals surface area contributed by atoms with Gasteiger partial charge in [0.05, 0.1) is 25.0 Å². The molecule has 0 bridgehead atoms. The van der Waals surface area contributed by atoms with Gasteiger partial charge in [0.1, 0.15) is 11.0 Å². The summed E-state index contributed by atoms with van der Waals surface area (Å²) in [5.74, 6) is 0.565. The van der Waals surface area contributed by atoms with E-state index in [-0.39, 0.29) is 34.3 Å². The number of hydrogen-bond donors (Lipinski definition) is 0. The molecule has 2 aliphatic rings. The van der Waals surface area contributed by atoms with Crippen LogP contribution in [-0.2, 0) is 19.1 Å². The highest BCUT2D eigenvalue weighted by Gasteiger charge is 2.31. The zero-order chi connectivity index (χ0) is 24.2. The first kappa shape index (κ1) is 24.7. The van der Waals surface area contributed by atoms with Crippen molar-refractivity contribution in [3.05, 3.63) is 10.6 Å². The summed E-state index contributed by atoms with van der Waals surface area (Å²) in [6.07, 6.45) is 2.59. The van der Waals surface area contributed by atoms with E-state index in [0.717, 1.165) is 0 Å². The van der Waals surface area contributed by atoms with Crippen LogP contribution in [0, 0.1) is 11.8 Å². The predicted molar refractivity (Wildman–Crippen MR) is 128 cm³/mol. The largest absolute Gasteiger partial charge is 0.466 e. The summed E-state index contributed by atoms with van der Waals surface area (Å²) in [5, 5.41) is 0.173. The fraction of sp³-hybridized carbons (Fsp3) is 0.636. The molecule has 0 aliphatic carbocycles. The van der Waals surface area contributed by atoms with Gasteiger partial charge in [-0.05, 0) is 62.7 Å². The van der Waals surface area contributed by atoms with Gasteiger partial charge in [-0.15, -0.1) is 0 Å². The number of anilines is 2. The molecule has 0 amide bonds. The summed E-state index contributed by atoms with van der Waals surface area (Å²) in [5.41, 5.74) is 1.03. The van der Waals surface area contributed by atoms with Crippen LogP contribution in [0.4, 0.5) is 11.6 Å². The van der Waals surface area contributed by atoms with E-state index in [0.29, 0.717) is 87.7 Å². The molecule has 0 N–H and O–H groups in total. The first-order chi connectivity index (χ1) is 16.4. The van der Waals surface area contributed by atoms with E-state index in [2.05, 4.69) is 19.9 Å². The van der Waals surface area contributed by atoms with Gasteiger partial charge >= 0.3 is 11.9 Å². The lowest BCUT2D eigenvalue weighted by Gasteiger charge is -2.33. The van der Waals surface area contributed by atoms with E-state index < -0.39 is 0 Å². The van der Waals surface area contributed by atoms with Crippen LogP contribution in [0.1, 0.15) is 39.5 Å². The van der Waals surface area contributed by atoms with E-state index >= 15 is 0 Å². The number of rotatable bonds is 6. The Kier molecular flexibility index (Phi) is 7.88. The average Bonchev–Trinajstić information content (AvgIpc) is 2.84.